The zero-order chi connectivity index (χ0) is 23.5. The molecule has 7 heteroatoms. The molecular weight excluding hydrogens is 412 g/mol. The first-order valence-corrected chi connectivity index (χ1v) is 10.8. The lowest BCUT2D eigenvalue weighted by Gasteiger charge is -2.22. The third kappa shape index (κ3) is 4.09. The van der Waals surface area contributed by atoms with Crippen LogP contribution in [0.1, 0.15) is 36.1 Å². The molecule has 2 aromatic carbocycles. The number of nitriles is 2. The van der Waals surface area contributed by atoms with E-state index in [1.807, 2.05) is 62.2 Å². The van der Waals surface area contributed by atoms with Crippen LogP contribution in [-0.2, 0) is 6.54 Å². The second-order valence-electron chi connectivity index (χ2n) is 7.72. The molecule has 2 heterocycles. The summed E-state index contributed by atoms with van der Waals surface area (Å²) in [6.07, 6.45) is 1.98. The molecule has 164 valence electrons. The molecule has 0 unspecified atom stereocenters. The molecule has 2 aromatic heterocycles. The van der Waals surface area contributed by atoms with Gasteiger partial charge in [0.2, 0.25) is 11.8 Å². The van der Waals surface area contributed by atoms with E-state index >= 15 is 0 Å². The van der Waals surface area contributed by atoms with Crippen molar-refractivity contribution in [2.24, 2.45) is 0 Å². The number of benzene rings is 2. The molecule has 0 saturated heterocycles. The predicted octanol–water partition coefficient (Wildman–Crippen LogP) is 5.76. The molecule has 4 aromatic rings. The maximum Gasteiger partial charge on any atom is 0.249 e. The van der Waals surface area contributed by atoms with Gasteiger partial charge in [0.15, 0.2) is 0 Å². The van der Waals surface area contributed by atoms with Gasteiger partial charge in [-0.2, -0.15) is 15.5 Å². The average Bonchev–Trinajstić information content (AvgIpc) is 3.25. The van der Waals surface area contributed by atoms with Crippen LogP contribution in [0.4, 0.5) is 11.6 Å². The van der Waals surface area contributed by atoms with Crippen molar-refractivity contribution in [2.45, 2.75) is 34.2 Å². The van der Waals surface area contributed by atoms with Crippen LogP contribution in [0.3, 0.4) is 0 Å². The minimum absolute atomic E-state index is 0.463. The maximum atomic E-state index is 9.28. The van der Waals surface area contributed by atoms with Gasteiger partial charge in [-0.25, -0.2) is 4.98 Å². The molecule has 7 nitrogen and oxygen atoms in total. The zero-order valence-electron chi connectivity index (χ0n) is 19.1. The van der Waals surface area contributed by atoms with Crippen LogP contribution in [0.15, 0.2) is 48.7 Å². The minimum atomic E-state index is 0.463. The van der Waals surface area contributed by atoms with Crippen LogP contribution in [0.2, 0.25) is 0 Å². The van der Waals surface area contributed by atoms with Crippen molar-refractivity contribution in [3.8, 4) is 23.8 Å². The Balaban J connectivity index is 1.86. The molecule has 33 heavy (non-hydrogen) atoms. The Kier molecular flexibility index (Phi) is 5.97. The van der Waals surface area contributed by atoms with E-state index in [0.717, 1.165) is 34.4 Å². The Morgan fingerprint density at radius 2 is 1.61 bits per heavy atom. The van der Waals surface area contributed by atoms with Gasteiger partial charge in [0.1, 0.15) is 11.3 Å². The van der Waals surface area contributed by atoms with E-state index in [0.29, 0.717) is 35.2 Å². The number of aryl methyl sites for hydroxylation is 3. The summed E-state index contributed by atoms with van der Waals surface area (Å²) in [5.41, 5.74) is 5.43. The topological polar surface area (TPSA) is 90.8 Å². The number of ether oxygens (including phenoxy) is 1. The lowest BCUT2D eigenvalue weighted by Crippen LogP contribution is -2.19. The van der Waals surface area contributed by atoms with E-state index in [9.17, 15) is 5.26 Å². The highest BCUT2D eigenvalue weighted by Crippen LogP contribution is 2.35. The molecule has 0 fully saturated rings. The summed E-state index contributed by atoms with van der Waals surface area (Å²) in [4.78, 5) is 11.6. The van der Waals surface area contributed by atoms with Crippen LogP contribution in [0.5, 0.6) is 11.6 Å². The second kappa shape index (κ2) is 9.02. The van der Waals surface area contributed by atoms with Crippen LogP contribution in [0, 0.1) is 36.5 Å². The number of aromatic nitrogens is 3. The summed E-state index contributed by atoms with van der Waals surface area (Å²) in [5.74, 6) is 1.66. The van der Waals surface area contributed by atoms with Crippen LogP contribution >= 0.6 is 0 Å². The van der Waals surface area contributed by atoms with Gasteiger partial charge in [0, 0.05) is 25.0 Å². The van der Waals surface area contributed by atoms with Gasteiger partial charge in [-0.05, 0) is 81.3 Å². The summed E-state index contributed by atoms with van der Waals surface area (Å²) in [6.45, 7) is 9.33. The van der Waals surface area contributed by atoms with Gasteiger partial charge in [-0.1, -0.05) is 0 Å². The Morgan fingerprint density at radius 3 is 2.18 bits per heavy atom. The third-order valence-corrected chi connectivity index (χ3v) is 5.56. The van der Waals surface area contributed by atoms with E-state index < -0.39 is 0 Å². The fourth-order valence-electron chi connectivity index (χ4n) is 3.94. The molecular formula is C26H24N6O. The second-order valence-corrected chi connectivity index (χ2v) is 7.72. The van der Waals surface area contributed by atoms with E-state index in [4.69, 9.17) is 20.0 Å². The van der Waals surface area contributed by atoms with Crippen molar-refractivity contribution < 1.29 is 4.74 Å². The van der Waals surface area contributed by atoms with Gasteiger partial charge in [-0.3, -0.25) is 0 Å². The first kappa shape index (κ1) is 21.9. The summed E-state index contributed by atoms with van der Waals surface area (Å²) in [5, 5.41) is 18.4. The molecule has 4 rings (SSSR count). The fourth-order valence-corrected chi connectivity index (χ4v) is 3.94. The molecule has 0 N–H and O–H groups in total. The zero-order valence-corrected chi connectivity index (χ0v) is 19.1. The molecule has 0 radical (unpaired) electrons. The van der Waals surface area contributed by atoms with Crippen molar-refractivity contribution in [3.63, 3.8) is 0 Å². The van der Waals surface area contributed by atoms with Gasteiger partial charge in [0.05, 0.1) is 28.8 Å². The molecule has 0 aliphatic rings. The Labute approximate surface area is 193 Å². The number of fused-ring (bicyclic) bond motifs is 1. The molecule has 0 amide bonds. The predicted molar refractivity (Wildman–Crippen MR) is 128 cm³/mol. The van der Waals surface area contributed by atoms with Gasteiger partial charge in [-0.15, -0.1) is 0 Å². The van der Waals surface area contributed by atoms with E-state index in [-0.39, 0.29) is 0 Å². The van der Waals surface area contributed by atoms with E-state index in [1.54, 1.807) is 12.1 Å². The van der Waals surface area contributed by atoms with Gasteiger partial charge < -0.3 is 14.2 Å². The highest BCUT2D eigenvalue weighted by atomic mass is 16.5. The molecule has 0 aliphatic carbocycles. The summed E-state index contributed by atoms with van der Waals surface area (Å²) in [6, 6.07) is 17.3. The number of nitrogens with zero attached hydrogens (tertiary/aromatic N) is 6. The van der Waals surface area contributed by atoms with Crippen LogP contribution < -0.4 is 9.64 Å². The largest absolute Gasteiger partial charge is 0.436 e. The van der Waals surface area contributed by atoms with E-state index in [1.165, 1.54) is 0 Å². The minimum Gasteiger partial charge on any atom is -0.436 e. The third-order valence-electron chi connectivity index (χ3n) is 5.56. The maximum absolute atomic E-state index is 9.28. The number of rotatable bonds is 6. The SMILES string of the molecule is CCN(c1ccc(C#N)cc1)c1nc(Oc2c(C)cc(C#N)cc2C)c2c(ccn2CC)n1. The Bertz CT molecular complexity index is 1380. The van der Waals surface area contributed by atoms with Crippen molar-refractivity contribution in [1.29, 1.82) is 10.5 Å². The standard InChI is InChI=1S/C26H24N6O/c1-5-31-12-11-22-23(31)25(33-24-17(3)13-20(16-28)14-18(24)4)30-26(29-22)32(6-2)21-9-7-19(15-27)8-10-21/h7-14H,5-6H2,1-4H3. The normalized spacial score (nSPS) is 10.6. The lowest BCUT2D eigenvalue weighted by atomic mass is 10.1. The van der Waals surface area contributed by atoms with Crippen molar-refractivity contribution in [3.05, 3.63) is 70.9 Å². The quantitative estimate of drug-likeness (QED) is 0.381. The number of hydrogen-bond donors (Lipinski definition) is 0. The van der Waals surface area contributed by atoms with Crippen molar-refractivity contribution in [2.75, 3.05) is 11.4 Å². The van der Waals surface area contributed by atoms with Crippen LogP contribution in [0.25, 0.3) is 11.0 Å². The fraction of sp³-hybridized carbons (Fsp3) is 0.231. The van der Waals surface area contributed by atoms with Gasteiger partial charge >= 0.3 is 0 Å². The molecule has 0 atom stereocenters. The molecule has 0 bridgehead atoms. The smallest absolute Gasteiger partial charge is 0.249 e. The monoisotopic (exact) mass is 436 g/mol. The summed E-state index contributed by atoms with van der Waals surface area (Å²) >= 11 is 0. The lowest BCUT2D eigenvalue weighted by molar-refractivity contribution is 0.458. The average molecular weight is 437 g/mol. The van der Waals surface area contributed by atoms with Crippen LogP contribution in [-0.4, -0.2) is 21.1 Å². The highest BCUT2D eigenvalue weighted by molar-refractivity contribution is 5.83. The first-order valence-electron chi connectivity index (χ1n) is 10.8. The van der Waals surface area contributed by atoms with Gasteiger partial charge in [0.25, 0.3) is 0 Å². The van der Waals surface area contributed by atoms with Crippen molar-refractivity contribution in [1.82, 2.24) is 14.5 Å². The Hall–Kier alpha value is -4.36. The number of anilines is 2. The molecule has 0 spiro atoms. The Morgan fingerprint density at radius 1 is 0.939 bits per heavy atom. The summed E-state index contributed by atoms with van der Waals surface area (Å²) in [7, 11) is 0. The van der Waals surface area contributed by atoms with Crippen molar-refractivity contribution >= 4 is 22.7 Å². The van der Waals surface area contributed by atoms with E-state index in [2.05, 4.69) is 23.6 Å². The first-order chi connectivity index (χ1) is 16.0. The molecule has 0 aliphatic heterocycles. The summed E-state index contributed by atoms with van der Waals surface area (Å²) < 4.78 is 8.47. The molecule has 0 saturated carbocycles. The highest BCUT2D eigenvalue weighted by Gasteiger charge is 2.20. The number of hydrogen-bond acceptors (Lipinski definition) is 6.